The number of hydrogen-bond acceptors (Lipinski definition) is 5. The molecule has 0 bridgehead atoms. The van der Waals surface area contributed by atoms with Gasteiger partial charge >= 0.3 is 5.97 Å². The molecule has 0 spiro atoms. The van der Waals surface area contributed by atoms with E-state index < -0.39 is 25.5 Å². The van der Waals surface area contributed by atoms with Crippen LogP contribution in [0.5, 0.6) is 0 Å². The Morgan fingerprint density at radius 3 is 2.17 bits per heavy atom. The molecule has 0 fully saturated rings. The molecule has 0 aliphatic heterocycles. The number of hydrogen-bond donors (Lipinski definition) is 0. The van der Waals surface area contributed by atoms with Gasteiger partial charge in [-0.1, -0.05) is 50.2 Å². The van der Waals surface area contributed by atoms with Crippen LogP contribution in [-0.2, 0) is 18.8 Å². The molecule has 0 aliphatic rings. The quantitative estimate of drug-likeness (QED) is 0.232. The van der Waals surface area contributed by atoms with Crippen molar-refractivity contribution in [3.8, 4) is 0 Å². The monoisotopic (exact) mass is 368 g/mol. The number of thioether (sulfide) groups is 1. The van der Waals surface area contributed by atoms with E-state index in [9.17, 15) is 9.59 Å². The van der Waals surface area contributed by atoms with Gasteiger partial charge in [0.2, 0.25) is 0 Å². The highest BCUT2D eigenvalue weighted by molar-refractivity contribution is 8.00. The van der Waals surface area contributed by atoms with E-state index in [1.165, 1.54) is 11.8 Å². The van der Waals surface area contributed by atoms with E-state index in [1.54, 1.807) is 6.92 Å². The van der Waals surface area contributed by atoms with Crippen LogP contribution in [0.1, 0.15) is 33.3 Å². The molecule has 0 N–H and O–H groups in total. The maximum Gasteiger partial charge on any atom is 0.378 e. The highest BCUT2D eigenvalue weighted by atomic mass is 32.2. The molecule has 1 rings (SSSR count). The summed E-state index contributed by atoms with van der Waals surface area (Å²) in [5.74, 6) is -1.46. The van der Waals surface area contributed by atoms with Gasteiger partial charge in [-0.3, -0.25) is 4.79 Å². The zero-order chi connectivity index (χ0) is 18.5. The van der Waals surface area contributed by atoms with Crippen LogP contribution < -0.4 is 0 Å². The Morgan fingerprint density at radius 1 is 1.17 bits per heavy atom. The number of Topliss-reactive ketones (excluding diaryl/α,β-unsaturated/α-hetero) is 1. The van der Waals surface area contributed by atoms with Crippen LogP contribution >= 0.6 is 11.8 Å². The summed E-state index contributed by atoms with van der Waals surface area (Å²) >= 11 is 1.26. The van der Waals surface area contributed by atoms with Crippen LogP contribution in [-0.4, -0.2) is 32.1 Å². The maximum atomic E-state index is 12.5. The normalized spacial score (nSPS) is 13.5. The summed E-state index contributed by atoms with van der Waals surface area (Å²) in [7, 11) is -2.21. The minimum atomic E-state index is -2.21. The number of benzene rings is 1. The van der Waals surface area contributed by atoms with Crippen molar-refractivity contribution in [3.63, 3.8) is 0 Å². The van der Waals surface area contributed by atoms with Crippen molar-refractivity contribution >= 4 is 31.8 Å². The van der Waals surface area contributed by atoms with Crippen LogP contribution in [0.4, 0.5) is 0 Å². The summed E-state index contributed by atoms with van der Waals surface area (Å²) in [6, 6.07) is 7.81. The second kappa shape index (κ2) is 8.32. The Kier molecular flexibility index (Phi) is 7.25. The van der Waals surface area contributed by atoms with Crippen molar-refractivity contribution in [2.45, 2.75) is 63.1 Å². The van der Waals surface area contributed by atoms with Crippen LogP contribution in [0.2, 0.25) is 18.1 Å². The predicted molar refractivity (Wildman–Crippen MR) is 101 cm³/mol. The number of ketones is 1. The van der Waals surface area contributed by atoms with E-state index in [-0.39, 0.29) is 11.6 Å². The first-order chi connectivity index (χ1) is 11.0. The number of rotatable bonds is 7. The van der Waals surface area contributed by atoms with E-state index in [4.69, 9.17) is 9.16 Å². The molecule has 1 aromatic rings. The summed E-state index contributed by atoms with van der Waals surface area (Å²) in [4.78, 5) is 25.3. The smallest absolute Gasteiger partial charge is 0.378 e. The Labute approximate surface area is 150 Å². The minimum Gasteiger partial charge on any atom is -0.460 e. The average Bonchev–Trinajstić information content (AvgIpc) is 2.47. The van der Waals surface area contributed by atoms with Crippen LogP contribution in [0, 0.1) is 6.92 Å². The van der Waals surface area contributed by atoms with Gasteiger partial charge in [0.15, 0.2) is 13.8 Å². The molecule has 0 heterocycles. The van der Waals surface area contributed by atoms with Crippen LogP contribution in [0.25, 0.3) is 0 Å². The molecular formula is C18H28O4SSi. The lowest BCUT2D eigenvalue weighted by Crippen LogP contribution is -2.46. The molecule has 1 aromatic carbocycles. The van der Waals surface area contributed by atoms with Crippen molar-refractivity contribution < 1.29 is 18.8 Å². The molecule has 0 radical (unpaired) electrons. The lowest BCUT2D eigenvalue weighted by atomic mass is 10.2. The molecule has 0 aromatic heterocycles. The fourth-order valence-electron chi connectivity index (χ4n) is 1.61. The van der Waals surface area contributed by atoms with Gasteiger partial charge in [-0.15, -0.1) is 0 Å². The number of ether oxygens (including phenoxy) is 1. The van der Waals surface area contributed by atoms with Crippen molar-refractivity contribution in [1.29, 1.82) is 0 Å². The van der Waals surface area contributed by atoms with Crippen molar-refractivity contribution in [2.24, 2.45) is 0 Å². The molecule has 0 aliphatic carbocycles. The Hall–Kier alpha value is -1.11. The van der Waals surface area contributed by atoms with Crippen LogP contribution in [0.3, 0.4) is 0 Å². The van der Waals surface area contributed by atoms with E-state index in [0.717, 1.165) is 10.5 Å². The largest absolute Gasteiger partial charge is 0.460 e. The molecule has 0 saturated carbocycles. The van der Waals surface area contributed by atoms with Gasteiger partial charge in [-0.25, -0.2) is 4.79 Å². The molecule has 134 valence electrons. The van der Waals surface area contributed by atoms with Crippen molar-refractivity contribution in [3.05, 3.63) is 29.8 Å². The second-order valence-corrected chi connectivity index (χ2v) is 13.1. The first-order valence-corrected chi connectivity index (χ1v) is 11.9. The number of aryl methyl sites for hydroxylation is 1. The third-order valence-electron chi connectivity index (χ3n) is 4.16. The zero-order valence-corrected chi connectivity index (χ0v) is 17.5. The number of esters is 1. The molecule has 24 heavy (non-hydrogen) atoms. The average molecular weight is 369 g/mol. The number of carbonyl (C=O) groups is 2. The maximum absolute atomic E-state index is 12.5. The summed E-state index contributed by atoms with van der Waals surface area (Å²) in [6.45, 7) is 14.3. The first-order valence-electron chi connectivity index (χ1n) is 8.10. The standard InChI is InChI=1S/C18H28O4SSi/c1-8-21-16(20)15(19)17(22-24(6,7)18(3,4)5)23-14-11-9-13(2)10-12-14/h9-12,17H,8H2,1-7H3/t17-/m1/s1. The van der Waals surface area contributed by atoms with Gasteiger partial charge in [0.1, 0.15) is 0 Å². The van der Waals surface area contributed by atoms with Crippen LogP contribution in [0.15, 0.2) is 29.2 Å². The highest BCUT2D eigenvalue weighted by Crippen LogP contribution is 2.39. The van der Waals surface area contributed by atoms with E-state index >= 15 is 0 Å². The lowest BCUT2D eigenvalue weighted by molar-refractivity contribution is -0.155. The molecule has 4 nitrogen and oxygen atoms in total. The van der Waals surface area contributed by atoms with Crippen molar-refractivity contribution in [2.75, 3.05) is 6.61 Å². The number of carbonyl (C=O) groups excluding carboxylic acids is 2. The molecule has 0 amide bonds. The molecule has 6 heteroatoms. The summed E-state index contributed by atoms with van der Waals surface area (Å²) < 4.78 is 11.1. The molecule has 0 saturated heterocycles. The second-order valence-electron chi connectivity index (χ2n) is 7.23. The van der Waals surface area contributed by atoms with E-state index in [1.807, 2.05) is 31.2 Å². The third-order valence-corrected chi connectivity index (χ3v) is 9.84. The predicted octanol–water partition coefficient (Wildman–Crippen LogP) is 4.57. The first kappa shape index (κ1) is 20.9. The van der Waals surface area contributed by atoms with E-state index in [0.29, 0.717) is 0 Å². The molecule has 1 atom stereocenters. The Morgan fingerprint density at radius 2 is 1.71 bits per heavy atom. The Balaban J connectivity index is 3.05. The molecule has 0 unspecified atom stereocenters. The van der Waals surface area contributed by atoms with Gasteiger partial charge in [-0.05, 0) is 44.1 Å². The minimum absolute atomic E-state index is 0.0615. The van der Waals surface area contributed by atoms with Gasteiger partial charge < -0.3 is 9.16 Å². The Bertz CT molecular complexity index is 576. The zero-order valence-electron chi connectivity index (χ0n) is 15.6. The SMILES string of the molecule is CCOC(=O)C(=O)[C@H](O[Si](C)(C)C(C)(C)C)Sc1ccc(C)cc1. The summed E-state index contributed by atoms with van der Waals surface area (Å²) in [5.41, 5.74) is 0.255. The summed E-state index contributed by atoms with van der Waals surface area (Å²) in [5, 5.41) is -0.0615. The van der Waals surface area contributed by atoms with Gasteiger partial charge in [0.05, 0.1) is 6.61 Å². The van der Waals surface area contributed by atoms with Gasteiger partial charge in [0.25, 0.3) is 5.78 Å². The van der Waals surface area contributed by atoms with Crippen molar-refractivity contribution in [1.82, 2.24) is 0 Å². The van der Waals surface area contributed by atoms with Gasteiger partial charge in [0, 0.05) is 4.90 Å². The molecular weight excluding hydrogens is 340 g/mol. The lowest BCUT2D eigenvalue weighted by Gasteiger charge is -2.38. The van der Waals surface area contributed by atoms with E-state index in [2.05, 4.69) is 33.9 Å². The topological polar surface area (TPSA) is 52.6 Å². The third kappa shape index (κ3) is 5.75. The highest BCUT2D eigenvalue weighted by Gasteiger charge is 2.42. The summed E-state index contributed by atoms with van der Waals surface area (Å²) in [6.07, 6.45) is 0. The fourth-order valence-corrected chi connectivity index (χ4v) is 4.27. The van der Waals surface area contributed by atoms with Gasteiger partial charge in [-0.2, -0.15) is 0 Å². The fraction of sp³-hybridized carbons (Fsp3) is 0.556.